The fourth-order valence-electron chi connectivity index (χ4n) is 4.55. The molecule has 2 aliphatic heterocycles. The van der Waals surface area contributed by atoms with E-state index >= 15 is 0 Å². The minimum atomic E-state index is -1.54. The normalized spacial score (nSPS) is 38.6. The largest absolute Gasteiger partial charge is 0.364 e. The van der Waals surface area contributed by atoms with Gasteiger partial charge in [0.1, 0.15) is 0 Å². The lowest BCUT2D eigenvalue weighted by Crippen LogP contribution is -2.64. The fourth-order valence-corrected chi connectivity index (χ4v) is 4.55. The fraction of sp³-hybridized carbons (Fsp3) is 1.00. The Morgan fingerprint density at radius 1 is 1.18 bits per heavy atom. The molecule has 0 aromatic rings. The van der Waals surface area contributed by atoms with Crippen LogP contribution in [0.1, 0.15) is 52.9 Å². The van der Waals surface area contributed by atoms with Crippen LogP contribution in [-0.4, -0.2) is 39.5 Å². The van der Waals surface area contributed by atoms with Gasteiger partial charge in [-0.25, -0.2) is 0 Å². The van der Waals surface area contributed by atoms with Gasteiger partial charge in [0, 0.05) is 13.0 Å². The number of hydrogen-bond acceptors (Lipinski definition) is 3. The van der Waals surface area contributed by atoms with E-state index in [1.54, 1.807) is 0 Å². The molecule has 0 bridgehead atoms. The second kappa shape index (κ2) is 3.06. The molecule has 0 aromatic heterocycles. The van der Waals surface area contributed by atoms with Crippen LogP contribution in [0.2, 0.25) is 0 Å². The molecule has 2 N–H and O–H groups in total. The molecule has 0 unspecified atom stereocenters. The molecule has 98 valence electrons. The van der Waals surface area contributed by atoms with Gasteiger partial charge in [0.15, 0.2) is 5.79 Å². The monoisotopic (exact) mass is 239 g/mol. The predicted molar refractivity (Wildman–Crippen MR) is 66.4 cm³/mol. The number of hydrogen-bond donors (Lipinski definition) is 2. The van der Waals surface area contributed by atoms with Crippen molar-refractivity contribution >= 4 is 0 Å². The summed E-state index contributed by atoms with van der Waals surface area (Å²) in [5, 5.41) is 21.2. The summed E-state index contributed by atoms with van der Waals surface area (Å²) in [6, 6.07) is 0. The molecule has 0 amide bonds. The van der Waals surface area contributed by atoms with Gasteiger partial charge < -0.3 is 10.2 Å². The third-order valence-electron chi connectivity index (χ3n) is 5.94. The molecule has 3 aliphatic rings. The van der Waals surface area contributed by atoms with Crippen LogP contribution < -0.4 is 0 Å². The highest BCUT2D eigenvalue weighted by molar-refractivity contribution is 5.23. The van der Waals surface area contributed by atoms with E-state index < -0.39 is 11.3 Å². The first-order valence-corrected chi connectivity index (χ1v) is 6.99. The van der Waals surface area contributed by atoms with Crippen molar-refractivity contribution < 1.29 is 10.2 Å². The van der Waals surface area contributed by atoms with Crippen molar-refractivity contribution in [2.75, 3.05) is 13.1 Å². The van der Waals surface area contributed by atoms with Crippen LogP contribution in [0.5, 0.6) is 0 Å². The maximum absolute atomic E-state index is 10.6. The van der Waals surface area contributed by atoms with E-state index in [4.69, 9.17) is 0 Å². The zero-order valence-electron chi connectivity index (χ0n) is 11.3. The van der Waals surface area contributed by atoms with Gasteiger partial charge >= 0.3 is 0 Å². The highest BCUT2D eigenvalue weighted by Gasteiger charge is 2.72. The zero-order valence-corrected chi connectivity index (χ0v) is 11.3. The van der Waals surface area contributed by atoms with Crippen LogP contribution in [0, 0.1) is 10.8 Å². The van der Waals surface area contributed by atoms with Crippen LogP contribution in [0.3, 0.4) is 0 Å². The summed E-state index contributed by atoms with van der Waals surface area (Å²) in [5.41, 5.74) is 0.00736. The maximum Gasteiger partial charge on any atom is 0.181 e. The quantitative estimate of drug-likeness (QED) is 0.721. The van der Waals surface area contributed by atoms with E-state index in [9.17, 15) is 10.2 Å². The molecule has 1 spiro atoms. The standard InChI is InChI=1S/C14H25NO2/c1-4-14(16,17)13-9-12(5-6-12)10-15(13)8-7-11(13,2)3/h16-17H,4-10H2,1-3H3/t13-/m1/s1. The Labute approximate surface area is 104 Å². The molecule has 0 aromatic carbocycles. The second-order valence-electron chi connectivity index (χ2n) is 7.26. The van der Waals surface area contributed by atoms with E-state index in [0.29, 0.717) is 11.8 Å². The number of nitrogens with zero attached hydrogens (tertiary/aromatic N) is 1. The van der Waals surface area contributed by atoms with Crippen LogP contribution in [0.25, 0.3) is 0 Å². The van der Waals surface area contributed by atoms with Crippen molar-refractivity contribution in [3.8, 4) is 0 Å². The summed E-state index contributed by atoms with van der Waals surface area (Å²) < 4.78 is 0. The smallest absolute Gasteiger partial charge is 0.181 e. The molecule has 1 aliphatic carbocycles. The number of rotatable bonds is 2. The van der Waals surface area contributed by atoms with Gasteiger partial charge in [-0.1, -0.05) is 20.8 Å². The minimum absolute atomic E-state index is 0.00139. The molecule has 2 heterocycles. The van der Waals surface area contributed by atoms with E-state index in [-0.39, 0.29) is 5.41 Å². The minimum Gasteiger partial charge on any atom is -0.364 e. The summed E-state index contributed by atoms with van der Waals surface area (Å²) >= 11 is 0. The Hall–Kier alpha value is -0.120. The predicted octanol–water partition coefficient (Wildman–Crippen LogP) is 1.73. The first kappa shape index (κ1) is 11.9. The Kier molecular flexibility index (Phi) is 2.15. The summed E-state index contributed by atoms with van der Waals surface area (Å²) in [6.07, 6.45) is 5.03. The maximum atomic E-state index is 10.6. The molecule has 1 atom stereocenters. The molecule has 3 fully saturated rings. The van der Waals surface area contributed by atoms with Crippen molar-refractivity contribution in [2.45, 2.75) is 64.2 Å². The van der Waals surface area contributed by atoms with Crippen LogP contribution in [0.4, 0.5) is 0 Å². The van der Waals surface area contributed by atoms with Crippen molar-refractivity contribution in [3.63, 3.8) is 0 Å². The summed E-state index contributed by atoms with van der Waals surface area (Å²) in [5.74, 6) is -1.54. The van der Waals surface area contributed by atoms with Gasteiger partial charge in [-0.2, -0.15) is 0 Å². The average Bonchev–Trinajstić information content (AvgIpc) is 2.81. The van der Waals surface area contributed by atoms with Gasteiger partial charge in [-0.05, 0) is 43.1 Å². The average molecular weight is 239 g/mol. The van der Waals surface area contributed by atoms with Crippen LogP contribution >= 0.6 is 0 Å². The Morgan fingerprint density at radius 2 is 1.82 bits per heavy atom. The molecule has 3 rings (SSSR count). The van der Waals surface area contributed by atoms with Gasteiger partial charge in [0.2, 0.25) is 0 Å². The first-order chi connectivity index (χ1) is 7.79. The highest BCUT2D eigenvalue weighted by atomic mass is 16.5. The lowest BCUT2D eigenvalue weighted by molar-refractivity contribution is -0.259. The number of fused-ring (bicyclic) bond motifs is 1. The second-order valence-corrected chi connectivity index (χ2v) is 7.26. The van der Waals surface area contributed by atoms with Gasteiger partial charge in [0.05, 0.1) is 5.54 Å². The molecule has 17 heavy (non-hydrogen) atoms. The summed E-state index contributed by atoms with van der Waals surface area (Å²) in [7, 11) is 0. The Morgan fingerprint density at radius 3 is 2.35 bits per heavy atom. The SMILES string of the molecule is CCC(O)(O)[C@]12CC3(CC3)CN1CCC2(C)C. The first-order valence-electron chi connectivity index (χ1n) is 6.99. The van der Waals surface area contributed by atoms with E-state index in [2.05, 4.69) is 18.7 Å². The molecule has 0 radical (unpaired) electrons. The molecular weight excluding hydrogens is 214 g/mol. The summed E-state index contributed by atoms with van der Waals surface area (Å²) in [4.78, 5) is 2.39. The third-order valence-corrected chi connectivity index (χ3v) is 5.94. The number of aliphatic hydroxyl groups is 2. The van der Waals surface area contributed by atoms with Crippen molar-refractivity contribution in [3.05, 3.63) is 0 Å². The molecule has 2 saturated heterocycles. The lowest BCUT2D eigenvalue weighted by atomic mass is 9.65. The summed E-state index contributed by atoms with van der Waals surface area (Å²) in [6.45, 7) is 8.42. The third kappa shape index (κ3) is 1.28. The van der Waals surface area contributed by atoms with Gasteiger partial charge in [-0.15, -0.1) is 0 Å². The van der Waals surface area contributed by atoms with E-state index in [0.717, 1.165) is 25.9 Å². The van der Waals surface area contributed by atoms with Crippen LogP contribution in [-0.2, 0) is 0 Å². The van der Waals surface area contributed by atoms with Crippen molar-refractivity contribution in [1.29, 1.82) is 0 Å². The van der Waals surface area contributed by atoms with E-state index in [1.807, 2.05) is 6.92 Å². The van der Waals surface area contributed by atoms with Crippen LogP contribution in [0.15, 0.2) is 0 Å². The zero-order chi connectivity index (χ0) is 12.5. The Bertz CT molecular complexity index is 346. The van der Waals surface area contributed by atoms with E-state index in [1.165, 1.54) is 12.8 Å². The Balaban J connectivity index is 2.06. The topological polar surface area (TPSA) is 43.7 Å². The van der Waals surface area contributed by atoms with Crippen molar-refractivity contribution in [1.82, 2.24) is 4.90 Å². The molecule has 1 saturated carbocycles. The van der Waals surface area contributed by atoms with Crippen molar-refractivity contribution in [2.24, 2.45) is 10.8 Å². The molecule has 3 nitrogen and oxygen atoms in total. The molecule has 3 heteroatoms. The van der Waals surface area contributed by atoms with Gasteiger partial charge in [-0.3, -0.25) is 4.90 Å². The van der Waals surface area contributed by atoms with Gasteiger partial charge in [0.25, 0.3) is 0 Å². The lowest BCUT2D eigenvalue weighted by Gasteiger charge is -2.50. The highest BCUT2D eigenvalue weighted by Crippen LogP contribution is 2.67. The molecular formula is C14H25NO2.